The van der Waals surface area contributed by atoms with Gasteiger partial charge in [0.1, 0.15) is 0 Å². The summed E-state index contributed by atoms with van der Waals surface area (Å²) in [5.41, 5.74) is 0.449. The van der Waals surface area contributed by atoms with E-state index in [0.717, 1.165) is 92.5 Å². The molecular weight excluding hydrogens is 2150 g/mol. The highest BCUT2D eigenvalue weighted by Crippen LogP contribution is 2.39. The highest BCUT2D eigenvalue weighted by atomic mass is 35.5. The molecule has 12 aromatic rings. The number of aromatic hydroxyl groups is 7. The van der Waals surface area contributed by atoms with Crippen molar-refractivity contribution in [3.05, 3.63) is 341 Å². The monoisotopic (exact) mass is 2230 g/mol. The number of nitrogens with zero attached hydrogens (tertiary/aromatic N) is 6. The molecule has 0 radical (unpaired) electrons. The average Bonchev–Trinajstić information content (AvgIpc) is 0.821. The molecule has 1 saturated carbocycles. The van der Waals surface area contributed by atoms with Crippen LogP contribution in [0.3, 0.4) is 0 Å². The molecule has 0 aromatic heterocycles. The normalized spacial score (nSPS) is 11.0. The molecule has 21 N–H and O–H groups in total. The summed E-state index contributed by atoms with van der Waals surface area (Å²) in [5.74, 6) is -3.62. The molecule has 148 heavy (non-hydrogen) atoms. The number of alkyl halides is 6. The van der Waals surface area contributed by atoms with Crippen molar-refractivity contribution < 1.29 is 96.0 Å². The van der Waals surface area contributed by atoms with Crippen LogP contribution in [0.5, 0.6) is 40.2 Å². The Hall–Kier alpha value is -16.2. The number of hydrogen-bond donors (Lipinski definition) is 21. The molecule has 778 valence electrons. The van der Waals surface area contributed by atoms with Gasteiger partial charge in [0.05, 0.1) is 46.4 Å². The fourth-order valence-electron chi connectivity index (χ4n) is 12.1. The van der Waals surface area contributed by atoms with Crippen LogP contribution in [0.15, 0.2) is 249 Å². The van der Waals surface area contributed by atoms with E-state index in [-0.39, 0.29) is 66.1 Å². The lowest BCUT2D eigenvalue weighted by atomic mass is 9.96. The third-order valence-electron chi connectivity index (χ3n) is 19.0. The number of thiocarbonyl (C=S) groups is 7. The number of halogens is 10. The Labute approximate surface area is 887 Å². The number of nitrogens with one attached hydrogen (secondary N) is 14. The molecule has 0 unspecified atom stereocenters. The largest absolute Gasteiger partial charge is 0.505 e. The van der Waals surface area contributed by atoms with Gasteiger partial charge in [-0.05, 0) is 281 Å². The molecular formula is C92H84Cl3F7N20O19S7. The zero-order valence-corrected chi connectivity index (χ0v) is 83.9. The first-order chi connectivity index (χ1) is 69.9. The van der Waals surface area contributed by atoms with E-state index in [9.17, 15) is 122 Å². The summed E-state index contributed by atoms with van der Waals surface area (Å²) in [7, 11) is 0. The first-order valence-corrected chi connectivity index (χ1v) is 46.4. The minimum absolute atomic E-state index is 0.0229. The van der Waals surface area contributed by atoms with Gasteiger partial charge in [0, 0.05) is 133 Å². The Morgan fingerprint density at radius 2 is 0.608 bits per heavy atom. The number of para-hydroxylation sites is 2. The summed E-state index contributed by atoms with van der Waals surface area (Å²) in [6.07, 6.45) is 0.239. The number of unbranched alkanes of at least 4 members (excludes halogenated alkanes) is 2. The van der Waals surface area contributed by atoms with Crippen molar-refractivity contribution in [1.82, 2.24) is 10.6 Å². The SMILES string of the molecule is CCCCCNC(=S)Nc1ccc(O)c(F)c1.O=[N+]([O-])c1cc(NC(=S)NC2CCCCC2)ccc1O.O=[N+]([O-])c1cc(NC(=S)Nc2cc(Cl)cc(Cl)c2)ccc1O.O=[N+]([O-])c1cc(NC(=S)Nc2ccc(C(F)(F)F)cc2)ccc1O.O=[N+]([O-])c1cc(NC(=S)Nc2ccc(Cl)cc2)ccc1O.O=[N+]([O-])c1cc(NC(=S)Nc2ccccc2)ccc1O.O=[N+]([O-])c1cc(NC(=S)Nc2ccccc2C(F)(F)F)ccc1O. The standard InChI is InChI=1S/2C14H10F3N3O3S.C13H9Cl2N3O3S.C13H10ClN3O3S.C13H17N3O3S.C13H11N3O3S.C12H17FN2OS/c15-14(16,17)8-1-3-9(4-2-8)18-13(24)19-10-5-6-12(21)11(7-10)20(22)23;15-14(16,17)9-3-1-2-4-10(9)19-13(24)18-8-5-6-12(21)11(7-8)20(22)23;14-7-3-8(15)5-10(4-7)17-13(22)16-9-1-2-12(19)11(6-9)18(20)21;14-8-1-3-9(4-2-8)15-13(21)16-10-5-6-12(18)11(7-10)17(19)20;2*17-12-7-6-10(8-11(12)16(18)19)15-13(20)14-9-4-2-1-3-5-9;1-2-3-4-7-14-12(17)15-9-5-6-11(16)10(13)8-9/h2*1-7,21H,(H2,18,19,24);1-6,19H,(H2,16,17,22);1-7,18H,(H2,15,16,21);6-9,17H,1-5H2,(H2,14,15,20);1-8,17H,(H2,14,15,20);5-6,8,16H,2-4,7H2,1H3,(H2,14,15,17). The smallest absolute Gasteiger partial charge is 0.418 e. The summed E-state index contributed by atoms with van der Waals surface area (Å²) >= 11 is 53.0. The minimum Gasteiger partial charge on any atom is -0.505 e. The Morgan fingerprint density at radius 3 is 0.946 bits per heavy atom. The number of hydrogen-bond acceptors (Lipinski definition) is 26. The second kappa shape index (κ2) is 58.1. The van der Waals surface area contributed by atoms with Gasteiger partial charge in [-0.25, -0.2) is 4.39 Å². The van der Waals surface area contributed by atoms with Gasteiger partial charge in [0.15, 0.2) is 81.9 Å². The van der Waals surface area contributed by atoms with Gasteiger partial charge in [-0.1, -0.05) is 104 Å². The Kier molecular flexibility index (Phi) is 46.6. The van der Waals surface area contributed by atoms with Crippen LogP contribution in [0.2, 0.25) is 15.1 Å². The van der Waals surface area contributed by atoms with Gasteiger partial charge in [0.25, 0.3) is 0 Å². The highest BCUT2D eigenvalue weighted by Gasteiger charge is 2.34. The van der Waals surface area contributed by atoms with Crippen molar-refractivity contribution in [1.29, 1.82) is 0 Å². The van der Waals surface area contributed by atoms with Crippen LogP contribution in [0.4, 0.5) is 133 Å². The summed E-state index contributed by atoms with van der Waals surface area (Å²) in [6, 6.07) is 57.2. The molecule has 0 heterocycles. The fourth-order valence-corrected chi connectivity index (χ4v) is 14.5. The van der Waals surface area contributed by atoms with E-state index in [2.05, 4.69) is 81.4 Å². The van der Waals surface area contributed by atoms with Gasteiger partial charge in [-0.3, -0.25) is 60.7 Å². The number of anilines is 12. The van der Waals surface area contributed by atoms with E-state index in [0.29, 0.717) is 76.3 Å². The Morgan fingerprint density at radius 1 is 0.318 bits per heavy atom. The second-order valence-corrected chi connectivity index (χ2v) is 34.2. The maximum atomic E-state index is 13.0. The highest BCUT2D eigenvalue weighted by molar-refractivity contribution is 7.82. The van der Waals surface area contributed by atoms with Crippen molar-refractivity contribution >= 4 is 258 Å². The zero-order valence-electron chi connectivity index (χ0n) is 76.0. The van der Waals surface area contributed by atoms with Gasteiger partial charge in [-0.15, -0.1) is 0 Å². The number of benzene rings is 12. The molecule has 0 spiro atoms. The van der Waals surface area contributed by atoms with E-state index >= 15 is 0 Å². The molecule has 0 saturated heterocycles. The molecule has 12 aromatic carbocycles. The summed E-state index contributed by atoms with van der Waals surface area (Å²) in [4.78, 5) is 60.3. The number of phenolic OH excluding ortho intramolecular Hbond substituents is 7. The number of phenols is 7. The molecule has 13 rings (SSSR count). The maximum Gasteiger partial charge on any atom is 0.418 e. The van der Waals surface area contributed by atoms with Gasteiger partial charge in [0.2, 0.25) is 0 Å². The molecule has 56 heteroatoms. The van der Waals surface area contributed by atoms with E-state index < -0.39 is 105 Å². The van der Waals surface area contributed by atoms with Crippen molar-refractivity contribution in [3.63, 3.8) is 0 Å². The molecule has 0 amide bonds. The van der Waals surface area contributed by atoms with Crippen molar-refractivity contribution in [2.45, 2.75) is 76.7 Å². The number of rotatable bonds is 23. The van der Waals surface area contributed by atoms with Crippen LogP contribution in [0, 0.1) is 66.5 Å². The van der Waals surface area contributed by atoms with E-state index in [1.54, 1.807) is 54.6 Å². The molecule has 1 aliphatic carbocycles. The molecule has 1 aliphatic rings. The molecule has 39 nitrogen and oxygen atoms in total. The average molecular weight is 2240 g/mol. The third-order valence-corrected chi connectivity index (χ3v) is 21.2. The molecule has 1 fully saturated rings. The summed E-state index contributed by atoms with van der Waals surface area (Å²) in [5, 5.41) is 172. The van der Waals surface area contributed by atoms with Gasteiger partial charge >= 0.3 is 46.5 Å². The van der Waals surface area contributed by atoms with Gasteiger partial charge < -0.3 is 110 Å². The van der Waals surface area contributed by atoms with Gasteiger partial charge in [-0.2, -0.15) is 26.3 Å². The van der Waals surface area contributed by atoms with Crippen LogP contribution < -0.4 is 74.4 Å². The summed E-state index contributed by atoms with van der Waals surface area (Å²) < 4.78 is 89.2. The Balaban J connectivity index is 0.000000234. The second-order valence-electron chi connectivity index (χ2n) is 30.0. The first-order valence-electron chi connectivity index (χ1n) is 42.4. The van der Waals surface area contributed by atoms with Crippen LogP contribution in [0.25, 0.3) is 0 Å². The molecule has 0 aliphatic heterocycles. The van der Waals surface area contributed by atoms with Crippen LogP contribution >= 0.6 is 120 Å². The topological polar surface area (TPSA) is 569 Å². The maximum absolute atomic E-state index is 13.0. The predicted octanol–water partition coefficient (Wildman–Crippen LogP) is 25.5. The van der Waals surface area contributed by atoms with Crippen molar-refractivity contribution in [2.75, 3.05) is 70.3 Å². The third kappa shape index (κ3) is 41.5. The lowest BCUT2D eigenvalue weighted by Crippen LogP contribution is -2.38. The predicted molar refractivity (Wildman–Crippen MR) is 583 cm³/mol. The lowest BCUT2D eigenvalue weighted by Gasteiger charge is -2.24. The van der Waals surface area contributed by atoms with E-state index in [1.165, 1.54) is 141 Å². The Bertz CT molecular complexity index is 6780. The quantitative estimate of drug-likeness (QED) is 0.00706. The van der Waals surface area contributed by atoms with Crippen molar-refractivity contribution in [3.8, 4) is 40.2 Å². The van der Waals surface area contributed by atoms with Crippen molar-refractivity contribution in [2.24, 2.45) is 0 Å². The zero-order chi connectivity index (χ0) is 109. The van der Waals surface area contributed by atoms with Crippen LogP contribution in [-0.4, -0.2) is 114 Å². The summed E-state index contributed by atoms with van der Waals surface area (Å²) in [6.45, 7) is 2.94. The molecule has 0 bridgehead atoms. The number of nitro benzene ring substituents is 6. The fraction of sp³-hybridized carbons (Fsp3) is 0.141. The van der Waals surface area contributed by atoms with Crippen LogP contribution in [0.1, 0.15) is 69.4 Å². The van der Waals surface area contributed by atoms with E-state index in [1.807, 2.05) is 30.3 Å². The van der Waals surface area contributed by atoms with Crippen LogP contribution in [-0.2, 0) is 12.4 Å². The molecule has 0 atom stereocenters. The number of nitro groups is 6. The minimum atomic E-state index is -4.56. The van der Waals surface area contributed by atoms with E-state index in [4.69, 9.17) is 125 Å². The lowest BCUT2D eigenvalue weighted by molar-refractivity contribution is -0.385. The first kappa shape index (κ1) is 119.